The van der Waals surface area contributed by atoms with Crippen LogP contribution in [0.1, 0.15) is 12.0 Å². The molecule has 0 radical (unpaired) electrons. The summed E-state index contributed by atoms with van der Waals surface area (Å²) in [5.74, 6) is 0.503. The molecule has 9 nitrogen and oxygen atoms in total. The van der Waals surface area contributed by atoms with Crippen molar-refractivity contribution >= 4 is 39.5 Å². The molecule has 1 saturated heterocycles. The number of fused-ring (bicyclic) bond motifs is 1. The summed E-state index contributed by atoms with van der Waals surface area (Å²) < 4.78 is 28.1. The molecule has 194 valence electrons. The molecule has 1 aliphatic heterocycles. The number of rotatable bonds is 9. The first-order chi connectivity index (χ1) is 18.6. The van der Waals surface area contributed by atoms with E-state index in [-0.39, 0.29) is 13.0 Å². The minimum Gasteiger partial charge on any atom is -0.379 e. The summed E-state index contributed by atoms with van der Waals surface area (Å²) in [6, 6.07) is 23.5. The average molecular weight is 529 g/mol. The number of benzene rings is 3. The molecule has 1 unspecified atom stereocenters. The lowest BCUT2D eigenvalue weighted by Gasteiger charge is -2.26. The van der Waals surface area contributed by atoms with Crippen molar-refractivity contribution in [2.24, 2.45) is 0 Å². The summed E-state index contributed by atoms with van der Waals surface area (Å²) in [5.41, 5.74) is 5.35. The fourth-order valence-electron chi connectivity index (χ4n) is 4.50. The molecule has 0 amide bonds. The van der Waals surface area contributed by atoms with Crippen molar-refractivity contribution in [3.05, 3.63) is 78.5 Å². The molecule has 0 saturated carbocycles. The molecule has 10 heteroatoms. The molecule has 5 rings (SSSR count). The van der Waals surface area contributed by atoms with E-state index < -0.39 is 11.3 Å². The van der Waals surface area contributed by atoms with Crippen molar-refractivity contribution in [3.8, 4) is 17.2 Å². The van der Waals surface area contributed by atoms with Crippen molar-refractivity contribution in [2.75, 3.05) is 42.5 Å². The summed E-state index contributed by atoms with van der Waals surface area (Å²) in [7, 11) is 0. The lowest BCUT2D eigenvalue weighted by Crippen LogP contribution is -2.35. The van der Waals surface area contributed by atoms with Gasteiger partial charge in [-0.1, -0.05) is 42.5 Å². The van der Waals surface area contributed by atoms with Crippen LogP contribution in [0, 0.1) is 11.3 Å². The van der Waals surface area contributed by atoms with Gasteiger partial charge in [-0.25, -0.2) is 14.2 Å². The molecule has 0 spiro atoms. The predicted octanol–water partition coefficient (Wildman–Crippen LogP) is 4.73. The third-order valence-corrected chi connectivity index (χ3v) is 7.16. The van der Waals surface area contributed by atoms with E-state index in [2.05, 4.69) is 27.3 Å². The Labute approximate surface area is 224 Å². The van der Waals surface area contributed by atoms with Gasteiger partial charge in [0.05, 0.1) is 36.9 Å². The van der Waals surface area contributed by atoms with Crippen LogP contribution in [0.15, 0.2) is 72.9 Å². The van der Waals surface area contributed by atoms with Crippen molar-refractivity contribution in [2.45, 2.75) is 13.0 Å². The zero-order valence-corrected chi connectivity index (χ0v) is 21.6. The topological polar surface area (TPSA) is 115 Å². The van der Waals surface area contributed by atoms with Crippen LogP contribution in [0.3, 0.4) is 0 Å². The number of aromatic nitrogens is 2. The lowest BCUT2D eigenvalue weighted by atomic mass is 10.0. The molecule has 3 aromatic carbocycles. The molecule has 0 bridgehead atoms. The second kappa shape index (κ2) is 12.1. The summed E-state index contributed by atoms with van der Waals surface area (Å²) in [6.45, 7) is 4.46. The SMILES string of the molecule is N#CCCN(c1ccc(-c2cccc3cnc(Nc4cccc(CN5CCOCC5)c4)nc23)cc1)S(=O)O. The van der Waals surface area contributed by atoms with Gasteiger partial charge in [-0.15, -0.1) is 0 Å². The number of hydrogen-bond donors (Lipinski definition) is 2. The number of morpholine rings is 1. The molecule has 2 heterocycles. The molecule has 1 aromatic heterocycles. The number of hydrogen-bond acceptors (Lipinski definition) is 7. The Morgan fingerprint density at radius 1 is 1.11 bits per heavy atom. The molecule has 4 aromatic rings. The Bertz CT molecular complexity index is 1470. The van der Waals surface area contributed by atoms with Crippen LogP contribution >= 0.6 is 0 Å². The van der Waals surface area contributed by atoms with E-state index in [1.165, 1.54) is 9.87 Å². The van der Waals surface area contributed by atoms with Gasteiger partial charge in [-0.3, -0.25) is 13.8 Å². The van der Waals surface area contributed by atoms with Gasteiger partial charge in [-0.2, -0.15) is 5.26 Å². The van der Waals surface area contributed by atoms with E-state index in [4.69, 9.17) is 15.0 Å². The fraction of sp³-hybridized carbons (Fsp3) is 0.250. The highest BCUT2D eigenvalue weighted by molar-refractivity contribution is 7.80. The number of nitrogens with one attached hydrogen (secondary N) is 1. The highest BCUT2D eigenvalue weighted by Crippen LogP contribution is 2.30. The minimum atomic E-state index is -2.21. The van der Waals surface area contributed by atoms with Gasteiger partial charge in [0, 0.05) is 49.0 Å². The number of para-hydroxylation sites is 1. The number of anilines is 3. The van der Waals surface area contributed by atoms with Gasteiger partial charge < -0.3 is 10.1 Å². The minimum absolute atomic E-state index is 0.153. The Morgan fingerprint density at radius 2 is 1.89 bits per heavy atom. The zero-order valence-electron chi connectivity index (χ0n) is 20.8. The maximum atomic E-state index is 11.7. The van der Waals surface area contributed by atoms with Crippen LogP contribution in [-0.2, 0) is 22.5 Å². The molecule has 38 heavy (non-hydrogen) atoms. The van der Waals surface area contributed by atoms with Crippen LogP contribution in [-0.4, -0.2) is 56.5 Å². The van der Waals surface area contributed by atoms with Crippen LogP contribution < -0.4 is 9.62 Å². The normalized spacial score (nSPS) is 14.6. The monoisotopic (exact) mass is 528 g/mol. The molecule has 1 atom stereocenters. The Morgan fingerprint density at radius 3 is 2.66 bits per heavy atom. The lowest BCUT2D eigenvalue weighted by molar-refractivity contribution is 0.0342. The third-order valence-electron chi connectivity index (χ3n) is 6.39. The first kappa shape index (κ1) is 25.8. The molecule has 2 N–H and O–H groups in total. The highest BCUT2D eigenvalue weighted by Gasteiger charge is 2.14. The van der Waals surface area contributed by atoms with Gasteiger partial charge in [-0.05, 0) is 35.4 Å². The largest absolute Gasteiger partial charge is 0.379 e. The van der Waals surface area contributed by atoms with Crippen LogP contribution in [0.2, 0.25) is 0 Å². The van der Waals surface area contributed by atoms with E-state index in [1.54, 1.807) is 18.3 Å². The number of ether oxygens (including phenoxy) is 1. The van der Waals surface area contributed by atoms with Crippen molar-refractivity contribution < 1.29 is 13.5 Å². The smallest absolute Gasteiger partial charge is 0.261 e. The van der Waals surface area contributed by atoms with E-state index in [9.17, 15) is 8.76 Å². The first-order valence-electron chi connectivity index (χ1n) is 12.4. The third kappa shape index (κ3) is 6.15. The Hall–Kier alpha value is -3.88. The van der Waals surface area contributed by atoms with Gasteiger partial charge in [0.1, 0.15) is 0 Å². The van der Waals surface area contributed by atoms with Gasteiger partial charge in [0.25, 0.3) is 11.3 Å². The summed E-state index contributed by atoms with van der Waals surface area (Å²) in [4.78, 5) is 11.7. The maximum Gasteiger partial charge on any atom is 0.261 e. The summed E-state index contributed by atoms with van der Waals surface area (Å²) in [5, 5.41) is 13.1. The van der Waals surface area contributed by atoms with Gasteiger partial charge >= 0.3 is 0 Å². The second-order valence-electron chi connectivity index (χ2n) is 8.94. The Balaban J connectivity index is 1.38. The molecular weight excluding hydrogens is 500 g/mol. The van der Waals surface area contributed by atoms with E-state index >= 15 is 0 Å². The maximum absolute atomic E-state index is 11.7. The predicted molar refractivity (Wildman–Crippen MR) is 149 cm³/mol. The average Bonchev–Trinajstić information content (AvgIpc) is 2.94. The highest BCUT2D eigenvalue weighted by atomic mass is 32.2. The zero-order chi connectivity index (χ0) is 26.3. The second-order valence-corrected chi connectivity index (χ2v) is 9.84. The van der Waals surface area contributed by atoms with Crippen LogP contribution in [0.5, 0.6) is 0 Å². The van der Waals surface area contributed by atoms with Gasteiger partial charge in [0.15, 0.2) is 0 Å². The quantitative estimate of drug-likeness (QED) is 0.300. The van der Waals surface area contributed by atoms with E-state index in [0.29, 0.717) is 11.6 Å². The molecule has 0 aliphatic carbocycles. The fourth-order valence-corrected chi connectivity index (χ4v) is 5.05. The van der Waals surface area contributed by atoms with Gasteiger partial charge in [0.2, 0.25) is 5.95 Å². The Kier molecular flexibility index (Phi) is 8.21. The number of nitrogens with zero attached hydrogens (tertiary/aromatic N) is 5. The number of nitriles is 1. The summed E-state index contributed by atoms with van der Waals surface area (Å²) in [6.07, 6.45) is 1.96. The molecule has 1 fully saturated rings. The van der Waals surface area contributed by atoms with E-state index in [1.807, 2.05) is 48.5 Å². The van der Waals surface area contributed by atoms with Crippen molar-refractivity contribution in [1.29, 1.82) is 5.26 Å². The standard InChI is InChI=1S/C28H28N6O3S/c29-12-3-13-34(38(35)36)25-10-8-22(9-11-25)26-7-2-5-23-19-30-28(32-27(23)26)31-24-6-1-4-21(18-24)20-33-14-16-37-17-15-33/h1-2,4-11,18-19H,3,13-17,20H2,(H,35,36)(H,30,31,32). The van der Waals surface area contributed by atoms with Crippen molar-refractivity contribution in [1.82, 2.24) is 14.9 Å². The van der Waals surface area contributed by atoms with E-state index in [0.717, 1.165) is 60.6 Å². The van der Waals surface area contributed by atoms with Crippen LogP contribution in [0.4, 0.5) is 17.3 Å². The molecular formula is C28H28N6O3S. The molecule has 1 aliphatic rings. The van der Waals surface area contributed by atoms with Crippen molar-refractivity contribution in [3.63, 3.8) is 0 Å². The van der Waals surface area contributed by atoms with Crippen LogP contribution in [0.25, 0.3) is 22.0 Å². The first-order valence-corrected chi connectivity index (χ1v) is 13.4. The summed E-state index contributed by atoms with van der Waals surface area (Å²) >= 11 is -2.21.